The maximum absolute atomic E-state index is 12.1. The van der Waals surface area contributed by atoms with Crippen molar-refractivity contribution in [3.05, 3.63) is 29.3 Å². The van der Waals surface area contributed by atoms with E-state index in [1.807, 2.05) is 13.8 Å². The first-order chi connectivity index (χ1) is 10.6. The summed E-state index contributed by atoms with van der Waals surface area (Å²) >= 11 is 0. The van der Waals surface area contributed by atoms with Gasteiger partial charge in [0, 0.05) is 25.3 Å². The molecule has 0 radical (unpaired) electrons. The molecule has 1 aromatic rings. The summed E-state index contributed by atoms with van der Waals surface area (Å²) < 4.78 is 5.37. The number of benzene rings is 1. The molecule has 1 aromatic carbocycles. The van der Waals surface area contributed by atoms with Crippen LogP contribution in [0.15, 0.2) is 18.2 Å². The fraction of sp³-hybridized carbons (Fsp3) is 0.588. The summed E-state index contributed by atoms with van der Waals surface area (Å²) in [6.07, 6.45) is 1.61. The Balaban J connectivity index is 0.00000264. The molecule has 0 spiro atoms. The van der Waals surface area contributed by atoms with E-state index in [1.54, 1.807) is 0 Å². The van der Waals surface area contributed by atoms with Gasteiger partial charge in [0.15, 0.2) is 0 Å². The molecule has 0 aliphatic carbocycles. The molecular weight excluding hydrogens is 349 g/mol. The van der Waals surface area contributed by atoms with Crippen LogP contribution < -0.4 is 11.1 Å². The van der Waals surface area contributed by atoms with Crippen molar-refractivity contribution in [2.45, 2.75) is 39.3 Å². The summed E-state index contributed by atoms with van der Waals surface area (Å²) in [5.41, 5.74) is 9.00. The standard InChI is InChI=1S/C17H27N3O2.2ClH/c1-3-4-15(18)17(21)19-16-11-14(6-5-13(16)2)12-20-7-9-22-10-8-20;;/h5-6,11,15H,3-4,7-10,12,18H2,1-2H3,(H,19,21);2*1H. The number of hydrogen-bond acceptors (Lipinski definition) is 4. The second kappa shape index (κ2) is 11.7. The molecule has 1 fully saturated rings. The number of amides is 1. The van der Waals surface area contributed by atoms with Crippen molar-refractivity contribution in [2.75, 3.05) is 31.6 Å². The van der Waals surface area contributed by atoms with E-state index in [0.717, 1.165) is 50.5 Å². The van der Waals surface area contributed by atoms with Crippen molar-refractivity contribution in [2.24, 2.45) is 5.73 Å². The molecule has 0 aromatic heterocycles. The van der Waals surface area contributed by atoms with E-state index in [-0.39, 0.29) is 30.7 Å². The van der Waals surface area contributed by atoms with E-state index >= 15 is 0 Å². The molecule has 5 nitrogen and oxygen atoms in total. The van der Waals surface area contributed by atoms with Gasteiger partial charge in [0.05, 0.1) is 19.3 Å². The summed E-state index contributed by atoms with van der Waals surface area (Å²) in [6, 6.07) is 5.79. The molecule has 2 rings (SSSR count). The predicted octanol–water partition coefficient (Wildman–Crippen LogP) is 2.74. The maximum Gasteiger partial charge on any atom is 0.241 e. The van der Waals surface area contributed by atoms with Gasteiger partial charge < -0.3 is 15.8 Å². The number of morpholine rings is 1. The second-order valence-electron chi connectivity index (χ2n) is 5.92. The minimum Gasteiger partial charge on any atom is -0.379 e. The van der Waals surface area contributed by atoms with E-state index in [2.05, 4.69) is 28.4 Å². The van der Waals surface area contributed by atoms with Crippen LogP contribution in [0, 0.1) is 6.92 Å². The van der Waals surface area contributed by atoms with Crippen molar-refractivity contribution in [1.82, 2.24) is 4.90 Å². The lowest BCUT2D eigenvalue weighted by Gasteiger charge is -2.26. The summed E-state index contributed by atoms with van der Waals surface area (Å²) in [7, 11) is 0. The number of carbonyl (C=O) groups is 1. The topological polar surface area (TPSA) is 67.6 Å². The van der Waals surface area contributed by atoms with Gasteiger partial charge in [0.1, 0.15) is 0 Å². The molecule has 1 aliphatic heterocycles. The van der Waals surface area contributed by atoms with Gasteiger partial charge in [-0.3, -0.25) is 9.69 Å². The number of nitrogens with two attached hydrogens (primary N) is 1. The molecule has 24 heavy (non-hydrogen) atoms. The van der Waals surface area contributed by atoms with E-state index in [9.17, 15) is 4.79 Å². The van der Waals surface area contributed by atoms with Crippen LogP contribution in [-0.2, 0) is 16.1 Å². The lowest BCUT2D eigenvalue weighted by atomic mass is 10.1. The van der Waals surface area contributed by atoms with Crippen LogP contribution in [-0.4, -0.2) is 43.2 Å². The number of nitrogens with one attached hydrogen (secondary N) is 1. The minimum atomic E-state index is -0.438. The Morgan fingerprint density at radius 2 is 2.00 bits per heavy atom. The van der Waals surface area contributed by atoms with Crippen molar-refractivity contribution >= 4 is 36.4 Å². The number of ether oxygens (including phenoxy) is 1. The van der Waals surface area contributed by atoms with Crippen LogP contribution in [0.25, 0.3) is 0 Å². The fourth-order valence-electron chi connectivity index (χ4n) is 2.59. The van der Waals surface area contributed by atoms with Gasteiger partial charge in [-0.25, -0.2) is 0 Å². The van der Waals surface area contributed by atoms with Gasteiger partial charge in [0.25, 0.3) is 0 Å². The molecule has 1 atom stereocenters. The number of hydrogen-bond donors (Lipinski definition) is 2. The summed E-state index contributed by atoms with van der Waals surface area (Å²) in [4.78, 5) is 14.5. The van der Waals surface area contributed by atoms with Crippen LogP contribution >= 0.6 is 24.8 Å². The van der Waals surface area contributed by atoms with E-state index in [4.69, 9.17) is 10.5 Å². The lowest BCUT2D eigenvalue weighted by Crippen LogP contribution is -2.36. The Morgan fingerprint density at radius 3 is 2.62 bits per heavy atom. The summed E-state index contributed by atoms with van der Waals surface area (Å²) in [6.45, 7) is 8.41. The number of carbonyl (C=O) groups excluding carboxylic acids is 1. The number of halogens is 2. The van der Waals surface area contributed by atoms with Crippen LogP contribution in [0.5, 0.6) is 0 Å². The first-order valence-corrected chi connectivity index (χ1v) is 8.06. The zero-order valence-electron chi connectivity index (χ0n) is 14.4. The van der Waals surface area contributed by atoms with Crippen molar-refractivity contribution in [1.29, 1.82) is 0 Å². The average molecular weight is 378 g/mol. The highest BCUT2D eigenvalue weighted by molar-refractivity contribution is 5.95. The Kier molecular flexibility index (Phi) is 11.2. The van der Waals surface area contributed by atoms with Crippen LogP contribution in [0.1, 0.15) is 30.9 Å². The van der Waals surface area contributed by atoms with Gasteiger partial charge in [-0.15, -0.1) is 24.8 Å². The highest BCUT2D eigenvalue weighted by Crippen LogP contribution is 2.19. The zero-order chi connectivity index (χ0) is 15.9. The number of rotatable bonds is 6. The number of nitrogens with zero attached hydrogens (tertiary/aromatic N) is 1. The number of aryl methyl sites for hydroxylation is 1. The van der Waals surface area contributed by atoms with Crippen LogP contribution in [0.4, 0.5) is 5.69 Å². The Morgan fingerprint density at radius 1 is 1.33 bits per heavy atom. The molecule has 3 N–H and O–H groups in total. The summed E-state index contributed by atoms with van der Waals surface area (Å²) in [5, 5.41) is 2.97. The van der Waals surface area contributed by atoms with Gasteiger partial charge in [-0.1, -0.05) is 25.5 Å². The van der Waals surface area contributed by atoms with E-state index in [1.165, 1.54) is 5.56 Å². The Hall–Kier alpha value is -0.850. The third-order valence-corrected chi connectivity index (χ3v) is 4.01. The molecule has 1 saturated heterocycles. The quantitative estimate of drug-likeness (QED) is 0.799. The van der Waals surface area contributed by atoms with Crippen molar-refractivity contribution in [3.8, 4) is 0 Å². The normalized spacial score (nSPS) is 15.8. The molecule has 1 amide bonds. The molecule has 0 saturated carbocycles. The molecular formula is C17H29Cl2N3O2. The first kappa shape index (κ1) is 23.1. The third kappa shape index (κ3) is 6.95. The Labute approximate surface area is 157 Å². The molecule has 1 unspecified atom stereocenters. The van der Waals surface area contributed by atoms with Gasteiger partial charge in [0.2, 0.25) is 5.91 Å². The van der Waals surface area contributed by atoms with Gasteiger partial charge in [-0.2, -0.15) is 0 Å². The van der Waals surface area contributed by atoms with Crippen molar-refractivity contribution < 1.29 is 9.53 Å². The third-order valence-electron chi connectivity index (χ3n) is 4.01. The monoisotopic (exact) mass is 377 g/mol. The van der Waals surface area contributed by atoms with Gasteiger partial charge >= 0.3 is 0 Å². The smallest absolute Gasteiger partial charge is 0.241 e. The van der Waals surface area contributed by atoms with Crippen LogP contribution in [0.3, 0.4) is 0 Å². The SMILES string of the molecule is CCCC(N)C(=O)Nc1cc(CN2CCOCC2)ccc1C.Cl.Cl. The van der Waals surface area contributed by atoms with Crippen LogP contribution in [0.2, 0.25) is 0 Å². The van der Waals surface area contributed by atoms with E-state index in [0.29, 0.717) is 6.42 Å². The first-order valence-electron chi connectivity index (χ1n) is 8.06. The lowest BCUT2D eigenvalue weighted by molar-refractivity contribution is -0.117. The maximum atomic E-state index is 12.1. The predicted molar refractivity (Wildman–Crippen MR) is 103 cm³/mol. The molecule has 7 heteroatoms. The largest absolute Gasteiger partial charge is 0.379 e. The average Bonchev–Trinajstić information content (AvgIpc) is 2.52. The molecule has 0 bridgehead atoms. The highest BCUT2D eigenvalue weighted by atomic mass is 35.5. The highest BCUT2D eigenvalue weighted by Gasteiger charge is 2.15. The Bertz CT molecular complexity index is 509. The van der Waals surface area contributed by atoms with Crippen molar-refractivity contribution in [3.63, 3.8) is 0 Å². The molecule has 1 aliphatic rings. The molecule has 1 heterocycles. The minimum absolute atomic E-state index is 0. The second-order valence-corrected chi connectivity index (χ2v) is 5.92. The number of anilines is 1. The molecule has 138 valence electrons. The van der Waals surface area contributed by atoms with Gasteiger partial charge in [-0.05, 0) is 30.5 Å². The van der Waals surface area contributed by atoms with E-state index < -0.39 is 6.04 Å². The fourth-order valence-corrected chi connectivity index (χ4v) is 2.59. The summed E-state index contributed by atoms with van der Waals surface area (Å²) in [5.74, 6) is -0.103. The zero-order valence-corrected chi connectivity index (χ0v) is 16.0.